The summed E-state index contributed by atoms with van der Waals surface area (Å²) in [5, 5.41) is 40.0. The van der Waals surface area contributed by atoms with Gasteiger partial charge in [0.1, 0.15) is 30.1 Å². The van der Waals surface area contributed by atoms with E-state index in [4.69, 9.17) is 47.5 Å². The van der Waals surface area contributed by atoms with Crippen molar-refractivity contribution in [3.63, 3.8) is 0 Å². The van der Waals surface area contributed by atoms with E-state index in [1.54, 1.807) is 51.2 Å². The van der Waals surface area contributed by atoms with Crippen LogP contribution in [0, 0.1) is 23.7 Å². The van der Waals surface area contributed by atoms with E-state index in [-0.39, 0.29) is 57.8 Å². The molecule has 1 unspecified atom stereocenters. The van der Waals surface area contributed by atoms with Gasteiger partial charge in [-0.05, 0) is 83.3 Å². The Hall–Kier alpha value is -3.54. The summed E-state index contributed by atoms with van der Waals surface area (Å²) in [5.41, 5.74) is 2.95. The summed E-state index contributed by atoms with van der Waals surface area (Å²) in [7, 11) is 6.51. The second-order valence-electron chi connectivity index (χ2n) is 18.8. The number of hydrogen-bond donors (Lipinski definition) is 3. The SMILES string of the molecule is CO[C@@H]1[C@H](O)[C@@H](C)O[C@@H](OC[C@H]2/C=C(C)/C=C/C(=O)[C@H](C)CC3CCOC/C(=N\OCc4sccc4-c4ccccn4)CO[C@H](CC(=O)OC2)[C@H](C)[C@H]3O[C@@H]2O[C@H](C)[C@@H](O)[C@H](N(C)C)[C@H]2O)[C@@H]1OC. The molecule has 0 amide bonds. The van der Waals surface area contributed by atoms with Crippen molar-refractivity contribution in [1.82, 2.24) is 9.88 Å². The van der Waals surface area contributed by atoms with Crippen LogP contribution in [0.1, 0.15) is 58.8 Å². The summed E-state index contributed by atoms with van der Waals surface area (Å²) < 4.78 is 55.5. The van der Waals surface area contributed by atoms with Gasteiger partial charge in [-0.15, -0.1) is 11.3 Å². The van der Waals surface area contributed by atoms with Crippen LogP contribution in [-0.4, -0.2) is 178 Å². The molecule has 69 heavy (non-hydrogen) atoms. The van der Waals surface area contributed by atoms with E-state index >= 15 is 0 Å². The smallest absolute Gasteiger partial charge is 0.308 e. The summed E-state index contributed by atoms with van der Waals surface area (Å²) >= 11 is 1.53. The molecule has 384 valence electrons. The van der Waals surface area contributed by atoms with Crippen LogP contribution in [0.4, 0.5) is 0 Å². The fourth-order valence-electron chi connectivity index (χ4n) is 9.49. The first-order valence-corrected chi connectivity index (χ1v) is 24.7. The molecule has 3 N–H and O–H groups in total. The molecule has 2 aromatic rings. The van der Waals surface area contributed by atoms with Crippen molar-refractivity contribution in [2.24, 2.45) is 28.8 Å². The highest BCUT2D eigenvalue weighted by atomic mass is 32.1. The van der Waals surface area contributed by atoms with Crippen LogP contribution < -0.4 is 0 Å². The number of nitrogens with zero attached hydrogens (tertiary/aromatic N) is 3. The molecule has 4 aliphatic heterocycles. The number of ketones is 1. The van der Waals surface area contributed by atoms with Crippen LogP contribution in [0.15, 0.2) is 64.8 Å². The molecule has 0 saturated carbocycles. The lowest BCUT2D eigenvalue weighted by atomic mass is 9.79. The lowest BCUT2D eigenvalue weighted by molar-refractivity contribution is -0.305. The molecule has 2 bridgehead atoms. The number of oxime groups is 1. The number of carbonyl (C=O) groups is 2. The first-order valence-electron chi connectivity index (χ1n) is 23.8. The Kier molecular flexibility index (Phi) is 20.8. The molecule has 19 heteroatoms. The summed E-state index contributed by atoms with van der Waals surface area (Å²) in [6.07, 6.45) is -2.18. The van der Waals surface area contributed by atoms with Crippen molar-refractivity contribution >= 4 is 28.8 Å². The van der Waals surface area contributed by atoms with Crippen molar-refractivity contribution in [2.45, 2.75) is 134 Å². The Labute approximate surface area is 409 Å². The number of carbonyl (C=O) groups excluding carboxylic acids is 2. The number of aliphatic hydroxyl groups excluding tert-OH is 3. The topological polar surface area (TPSA) is 216 Å². The average Bonchev–Trinajstić information content (AvgIpc) is 3.80. The molecule has 16 atom stereocenters. The van der Waals surface area contributed by atoms with E-state index in [9.17, 15) is 24.9 Å². The van der Waals surface area contributed by atoms with Crippen LogP contribution in [0.3, 0.4) is 0 Å². The molecule has 6 rings (SSSR count). The average molecular weight is 988 g/mol. The Morgan fingerprint density at radius 1 is 0.913 bits per heavy atom. The highest BCUT2D eigenvalue weighted by molar-refractivity contribution is 7.10. The minimum absolute atomic E-state index is 0.0277. The van der Waals surface area contributed by atoms with Gasteiger partial charge in [0.2, 0.25) is 0 Å². The number of esters is 1. The van der Waals surface area contributed by atoms with Gasteiger partial charge in [-0.1, -0.05) is 42.8 Å². The first-order chi connectivity index (χ1) is 33.1. The number of rotatable bonds is 12. The van der Waals surface area contributed by atoms with Gasteiger partial charge in [0.25, 0.3) is 0 Å². The number of thiophene rings is 1. The number of fused-ring (bicyclic) bond motifs is 3. The highest BCUT2D eigenvalue weighted by Gasteiger charge is 2.48. The third-order valence-electron chi connectivity index (χ3n) is 13.5. The third-order valence-corrected chi connectivity index (χ3v) is 14.4. The zero-order chi connectivity index (χ0) is 49.8. The van der Waals surface area contributed by atoms with E-state index in [1.807, 2.05) is 56.5 Å². The van der Waals surface area contributed by atoms with Crippen LogP contribution in [0.25, 0.3) is 11.3 Å². The highest BCUT2D eigenvalue weighted by Crippen LogP contribution is 2.36. The van der Waals surface area contributed by atoms with Gasteiger partial charge in [-0.25, -0.2) is 0 Å². The molecule has 2 aromatic heterocycles. The van der Waals surface area contributed by atoms with Gasteiger partial charge >= 0.3 is 5.97 Å². The molecule has 0 radical (unpaired) electrons. The Bertz CT molecular complexity index is 2020. The maximum absolute atomic E-state index is 14.2. The molecule has 0 spiro atoms. The number of methoxy groups -OCH3 is 2. The number of aromatic nitrogens is 1. The molecule has 0 aromatic carbocycles. The number of ether oxygens (including phenoxy) is 9. The number of hydrogen-bond acceptors (Lipinski definition) is 19. The van der Waals surface area contributed by atoms with Crippen molar-refractivity contribution in [3.8, 4) is 11.3 Å². The normalized spacial score (nSPS) is 37.7. The monoisotopic (exact) mass is 987 g/mol. The van der Waals surface area contributed by atoms with E-state index in [2.05, 4.69) is 10.1 Å². The summed E-state index contributed by atoms with van der Waals surface area (Å²) in [6, 6.07) is 7.01. The predicted octanol–water partition coefficient (Wildman–Crippen LogP) is 4.34. The second-order valence-corrected chi connectivity index (χ2v) is 19.8. The molecule has 4 aliphatic rings. The second kappa shape index (κ2) is 26.2. The van der Waals surface area contributed by atoms with Gasteiger partial charge in [0.15, 0.2) is 25.0 Å². The van der Waals surface area contributed by atoms with Crippen molar-refractivity contribution in [2.75, 3.05) is 61.3 Å². The lowest BCUT2D eigenvalue weighted by Crippen LogP contribution is -2.63. The maximum Gasteiger partial charge on any atom is 0.308 e. The quantitative estimate of drug-likeness (QED) is 0.199. The van der Waals surface area contributed by atoms with E-state index < -0.39 is 97.3 Å². The lowest BCUT2D eigenvalue weighted by Gasteiger charge is -2.47. The van der Waals surface area contributed by atoms with Crippen LogP contribution in [0.5, 0.6) is 0 Å². The standard InChI is InChI=1S/C50H73N3O15S/c1-28-13-14-38(54)29(2)21-34-15-18-61-25-35(52-65-27-40-36(16-19-69-40)37-12-10-11-17-51-37)26-62-39(30(3)46(34)68-49-45(58)42(53(6)7)43(56)31(4)66-49)22-41(55)63-23-33(20-28)24-64-50-48(60-9)47(59-8)44(57)32(5)67-50/h10-14,16-17,19-20,29-34,39,42-50,56-58H,15,18,21-27H2,1-9H3/b14-13+,28-20+,52-35+/t29-,30+,31-,32-,33+,34?,39-,42+,43-,44-,45-,46-,47-,48-,49+,50-/m1/s1. The van der Waals surface area contributed by atoms with Gasteiger partial charge in [-0.2, -0.15) is 0 Å². The Morgan fingerprint density at radius 3 is 2.39 bits per heavy atom. The summed E-state index contributed by atoms with van der Waals surface area (Å²) in [4.78, 5) is 41.2. The van der Waals surface area contributed by atoms with Gasteiger partial charge in [0.05, 0.1) is 80.0 Å². The molecule has 0 aliphatic carbocycles. The van der Waals surface area contributed by atoms with Crippen molar-refractivity contribution < 1.29 is 72.4 Å². The fraction of sp³-hybridized carbons (Fsp3) is 0.680. The summed E-state index contributed by atoms with van der Waals surface area (Å²) in [5.74, 6) is -2.58. The van der Waals surface area contributed by atoms with Crippen LogP contribution in [0.2, 0.25) is 0 Å². The predicted molar refractivity (Wildman–Crippen MR) is 255 cm³/mol. The summed E-state index contributed by atoms with van der Waals surface area (Å²) in [6.45, 7) is 9.43. The third kappa shape index (κ3) is 14.6. The number of allylic oxidation sites excluding steroid dienone is 3. The van der Waals surface area contributed by atoms with E-state index in [1.165, 1.54) is 25.6 Å². The van der Waals surface area contributed by atoms with Crippen molar-refractivity contribution in [3.05, 3.63) is 64.5 Å². The molecule has 3 saturated heterocycles. The number of pyridine rings is 1. The Balaban J connectivity index is 1.30. The first kappa shape index (κ1) is 54.8. The number of likely N-dealkylation sites (N-methyl/N-ethyl adjacent to an activating group) is 1. The van der Waals surface area contributed by atoms with Crippen LogP contribution in [-0.2, 0) is 63.7 Å². The zero-order valence-corrected chi connectivity index (χ0v) is 42.1. The largest absolute Gasteiger partial charge is 0.465 e. The minimum atomic E-state index is -1.25. The minimum Gasteiger partial charge on any atom is -0.465 e. The molecule has 18 nitrogen and oxygen atoms in total. The van der Waals surface area contributed by atoms with E-state index in [0.717, 1.165) is 21.7 Å². The van der Waals surface area contributed by atoms with E-state index in [0.29, 0.717) is 18.6 Å². The van der Waals surface area contributed by atoms with Crippen LogP contribution >= 0.6 is 11.3 Å². The zero-order valence-electron chi connectivity index (χ0n) is 41.3. The van der Waals surface area contributed by atoms with Gasteiger partial charge < -0.3 is 67.7 Å². The maximum atomic E-state index is 14.2. The molecule has 3 fully saturated rings. The van der Waals surface area contributed by atoms with Gasteiger partial charge in [-0.3, -0.25) is 14.6 Å². The van der Waals surface area contributed by atoms with Gasteiger partial charge in [0, 0.05) is 50.3 Å². The molecular weight excluding hydrogens is 915 g/mol. The van der Waals surface area contributed by atoms with Crippen molar-refractivity contribution in [1.29, 1.82) is 0 Å². The Morgan fingerprint density at radius 2 is 1.67 bits per heavy atom. The number of cyclic esters (lactones) is 1. The number of aliphatic hydroxyl groups is 3. The fourth-order valence-corrected chi connectivity index (χ4v) is 10.3. The molecular formula is C50H73N3O15S. The molecule has 6 heterocycles.